The van der Waals surface area contributed by atoms with Crippen LogP contribution in [-0.2, 0) is 0 Å². The Bertz CT molecular complexity index is 1320. The number of benzene rings is 2. The van der Waals surface area contributed by atoms with Gasteiger partial charge in [-0.2, -0.15) is 4.52 Å². The van der Waals surface area contributed by atoms with Gasteiger partial charge in [-0.3, -0.25) is 0 Å². The van der Waals surface area contributed by atoms with Gasteiger partial charge in [0.15, 0.2) is 5.82 Å². The fourth-order valence-electron chi connectivity index (χ4n) is 3.97. The number of anilines is 3. The summed E-state index contributed by atoms with van der Waals surface area (Å²) in [5, 5.41) is 12.2. The minimum absolute atomic E-state index is 0.160. The summed E-state index contributed by atoms with van der Waals surface area (Å²) in [6.07, 6.45) is 0. The first-order valence-electron chi connectivity index (χ1n) is 11.6. The minimum atomic E-state index is -0.330. The summed E-state index contributed by atoms with van der Waals surface area (Å²) in [6.45, 7) is 8.82. The van der Waals surface area contributed by atoms with E-state index >= 15 is 0 Å². The second-order valence-corrected chi connectivity index (χ2v) is 10.5. The molecule has 0 unspecified atom stereocenters. The zero-order valence-corrected chi connectivity index (χ0v) is 20.8. The molecule has 4 aromatic rings. The lowest BCUT2D eigenvalue weighted by Gasteiger charge is -2.34. The molecule has 1 fully saturated rings. The first-order valence-corrected chi connectivity index (χ1v) is 12.4. The van der Waals surface area contributed by atoms with Crippen LogP contribution in [0.1, 0.15) is 20.8 Å². The number of nitrogens with one attached hydrogen (secondary N) is 2. The Balaban J connectivity index is 1.32. The molecule has 0 aliphatic carbocycles. The van der Waals surface area contributed by atoms with Crippen LogP contribution in [0.2, 0.25) is 0 Å². The van der Waals surface area contributed by atoms with Gasteiger partial charge in [-0.05, 0) is 45.0 Å². The van der Waals surface area contributed by atoms with Crippen LogP contribution in [0.3, 0.4) is 0 Å². The second kappa shape index (κ2) is 9.18. The van der Waals surface area contributed by atoms with Crippen molar-refractivity contribution in [3.05, 3.63) is 60.4 Å². The topological polar surface area (TPSA) is 77.8 Å². The van der Waals surface area contributed by atoms with Gasteiger partial charge in [-0.15, -0.1) is 5.10 Å². The van der Waals surface area contributed by atoms with E-state index in [1.165, 1.54) is 12.1 Å². The maximum atomic E-state index is 13.1. The van der Waals surface area contributed by atoms with Crippen molar-refractivity contribution in [2.24, 2.45) is 0 Å². The van der Waals surface area contributed by atoms with Crippen LogP contribution in [0, 0.1) is 5.82 Å². The van der Waals surface area contributed by atoms with Crippen LogP contribution in [0.4, 0.5) is 25.8 Å². The molecule has 8 nitrogen and oxygen atoms in total. The number of fused-ring (bicyclic) bond motifs is 1. The van der Waals surface area contributed by atoms with Crippen molar-refractivity contribution in [3.63, 3.8) is 0 Å². The van der Waals surface area contributed by atoms with Crippen LogP contribution in [0.15, 0.2) is 54.6 Å². The molecule has 0 radical (unpaired) electrons. The molecule has 0 bridgehead atoms. The lowest BCUT2D eigenvalue weighted by molar-refractivity contribution is 0.208. The number of imidazole rings is 1. The number of rotatable bonds is 4. The number of halogens is 1. The van der Waals surface area contributed by atoms with Crippen LogP contribution >= 0.6 is 11.3 Å². The predicted octanol–water partition coefficient (Wildman–Crippen LogP) is 5.16. The maximum absolute atomic E-state index is 13.1. The van der Waals surface area contributed by atoms with E-state index in [1.807, 2.05) is 22.7 Å². The van der Waals surface area contributed by atoms with Crippen LogP contribution < -0.4 is 15.5 Å². The Morgan fingerprint density at radius 1 is 1.00 bits per heavy atom. The Morgan fingerprint density at radius 3 is 2.34 bits per heavy atom. The summed E-state index contributed by atoms with van der Waals surface area (Å²) < 4.78 is 15.0. The smallest absolute Gasteiger partial charge is 0.321 e. The van der Waals surface area contributed by atoms with Crippen molar-refractivity contribution in [2.45, 2.75) is 26.3 Å². The summed E-state index contributed by atoms with van der Waals surface area (Å²) in [6, 6.07) is 15.7. The molecule has 35 heavy (non-hydrogen) atoms. The summed E-state index contributed by atoms with van der Waals surface area (Å²) in [7, 11) is 0. The first-order chi connectivity index (χ1) is 16.8. The summed E-state index contributed by atoms with van der Waals surface area (Å²) >= 11 is 1.55. The third-order valence-corrected chi connectivity index (χ3v) is 6.64. The van der Waals surface area contributed by atoms with Crippen molar-refractivity contribution in [2.75, 3.05) is 41.7 Å². The van der Waals surface area contributed by atoms with Crippen LogP contribution in [0.25, 0.3) is 16.2 Å². The summed E-state index contributed by atoms with van der Waals surface area (Å²) in [5.74, 6) is 0.543. The highest BCUT2D eigenvalue weighted by molar-refractivity contribution is 7.20. The number of aromatic nitrogens is 3. The average molecular weight is 494 g/mol. The Kier molecular flexibility index (Phi) is 6.06. The zero-order chi connectivity index (χ0) is 24.6. The fourth-order valence-corrected chi connectivity index (χ4v) is 4.92. The standard InChI is InChI=1S/C25H28FN7OS/c1-25(2,3)29-21-20(17-7-5-4-6-8-17)28-23-33(21)30-24(35-23)32-15-13-31(14-16-32)22(34)27-19-11-9-18(26)10-12-19/h4-12,29H,13-16H2,1-3H3,(H,27,34). The lowest BCUT2D eigenvalue weighted by atomic mass is 10.1. The van der Waals surface area contributed by atoms with E-state index in [0.717, 1.165) is 27.2 Å². The molecule has 3 heterocycles. The van der Waals surface area contributed by atoms with Gasteiger partial charge >= 0.3 is 6.03 Å². The number of piperazine rings is 1. The second-order valence-electron chi connectivity index (χ2n) is 9.54. The van der Waals surface area contributed by atoms with Gasteiger partial charge in [0.2, 0.25) is 10.1 Å². The highest BCUT2D eigenvalue weighted by atomic mass is 32.1. The molecule has 2 aromatic carbocycles. The summed E-state index contributed by atoms with van der Waals surface area (Å²) in [4.78, 5) is 22.3. The third-order valence-electron chi connectivity index (χ3n) is 5.67. The lowest BCUT2D eigenvalue weighted by Crippen LogP contribution is -2.50. The number of amides is 2. The number of carbonyl (C=O) groups is 1. The van der Waals surface area contributed by atoms with Gasteiger partial charge in [0, 0.05) is 43.0 Å². The Hall–Kier alpha value is -3.66. The molecular weight excluding hydrogens is 465 g/mol. The van der Waals surface area contributed by atoms with Crippen molar-refractivity contribution < 1.29 is 9.18 Å². The van der Waals surface area contributed by atoms with E-state index < -0.39 is 0 Å². The Labute approximate surface area is 207 Å². The Morgan fingerprint density at radius 2 is 1.69 bits per heavy atom. The number of urea groups is 1. The van der Waals surface area contributed by atoms with Crippen molar-refractivity contribution in [3.8, 4) is 11.3 Å². The molecule has 0 atom stereocenters. The molecule has 5 rings (SSSR count). The number of carbonyl (C=O) groups excluding carboxylic acids is 1. The largest absolute Gasteiger partial charge is 0.364 e. The van der Waals surface area contributed by atoms with Crippen molar-refractivity contribution in [1.82, 2.24) is 19.5 Å². The first kappa shape index (κ1) is 23.1. The van der Waals surface area contributed by atoms with E-state index in [2.05, 4.69) is 48.4 Å². The SMILES string of the molecule is CC(C)(C)Nc1c(-c2ccccc2)nc2sc(N3CCN(C(=O)Nc4ccc(F)cc4)CC3)nn12. The highest BCUT2D eigenvalue weighted by Gasteiger charge is 2.26. The normalized spacial score (nSPS) is 14.4. The number of nitrogens with zero attached hydrogens (tertiary/aromatic N) is 5. The van der Waals surface area contributed by atoms with Crippen molar-refractivity contribution in [1.29, 1.82) is 0 Å². The van der Waals surface area contributed by atoms with Gasteiger partial charge in [0.1, 0.15) is 11.5 Å². The van der Waals surface area contributed by atoms with Gasteiger partial charge in [0.05, 0.1) is 0 Å². The van der Waals surface area contributed by atoms with Gasteiger partial charge in [0.25, 0.3) is 0 Å². The molecule has 2 amide bonds. The molecule has 2 aromatic heterocycles. The monoisotopic (exact) mass is 493 g/mol. The molecule has 2 N–H and O–H groups in total. The minimum Gasteiger partial charge on any atom is -0.364 e. The quantitative estimate of drug-likeness (QED) is 0.411. The van der Waals surface area contributed by atoms with Crippen LogP contribution in [0.5, 0.6) is 0 Å². The van der Waals surface area contributed by atoms with E-state index in [4.69, 9.17) is 10.1 Å². The number of hydrogen-bond acceptors (Lipinski definition) is 6. The molecule has 10 heteroatoms. The third kappa shape index (κ3) is 5.07. The van der Waals surface area contributed by atoms with Gasteiger partial charge in [-0.1, -0.05) is 41.7 Å². The molecule has 1 aliphatic rings. The van der Waals surface area contributed by atoms with Gasteiger partial charge in [-0.25, -0.2) is 14.2 Å². The van der Waals surface area contributed by atoms with E-state index in [9.17, 15) is 9.18 Å². The van der Waals surface area contributed by atoms with E-state index in [0.29, 0.717) is 31.9 Å². The molecule has 182 valence electrons. The summed E-state index contributed by atoms with van der Waals surface area (Å²) in [5.41, 5.74) is 2.34. The molecule has 0 saturated carbocycles. The average Bonchev–Trinajstić information content (AvgIpc) is 3.40. The predicted molar refractivity (Wildman–Crippen MR) is 139 cm³/mol. The number of hydrogen-bond donors (Lipinski definition) is 2. The van der Waals surface area contributed by atoms with Crippen molar-refractivity contribution >= 4 is 39.0 Å². The van der Waals surface area contributed by atoms with E-state index in [-0.39, 0.29) is 17.4 Å². The molecule has 1 aliphatic heterocycles. The zero-order valence-electron chi connectivity index (χ0n) is 20.0. The van der Waals surface area contributed by atoms with Gasteiger partial charge < -0.3 is 20.4 Å². The molecule has 0 spiro atoms. The highest BCUT2D eigenvalue weighted by Crippen LogP contribution is 2.35. The molecular formula is C25H28FN7OS. The van der Waals surface area contributed by atoms with Crippen LogP contribution in [-0.4, -0.2) is 57.2 Å². The van der Waals surface area contributed by atoms with E-state index in [1.54, 1.807) is 28.4 Å². The maximum Gasteiger partial charge on any atom is 0.321 e. The molecule has 1 saturated heterocycles. The fraction of sp³-hybridized carbons (Fsp3) is 0.320.